The summed E-state index contributed by atoms with van der Waals surface area (Å²) in [5.74, 6) is 0.685. The Bertz CT molecular complexity index is 1170. The maximum atomic E-state index is 13.1. The summed E-state index contributed by atoms with van der Waals surface area (Å²) >= 11 is 0. The summed E-state index contributed by atoms with van der Waals surface area (Å²) in [5.41, 5.74) is 1.43. The van der Waals surface area contributed by atoms with Gasteiger partial charge in [0.2, 0.25) is 12.7 Å². The van der Waals surface area contributed by atoms with Crippen LogP contribution < -0.4 is 19.3 Å². The van der Waals surface area contributed by atoms with Gasteiger partial charge in [-0.3, -0.25) is 14.5 Å². The van der Waals surface area contributed by atoms with Gasteiger partial charge in [-0.1, -0.05) is 0 Å². The van der Waals surface area contributed by atoms with E-state index in [1.807, 2.05) is 0 Å². The van der Waals surface area contributed by atoms with Crippen molar-refractivity contribution >= 4 is 33.0 Å². The van der Waals surface area contributed by atoms with Gasteiger partial charge in [0.1, 0.15) is 0 Å². The molecular weight excluding hydrogens is 434 g/mol. The van der Waals surface area contributed by atoms with E-state index >= 15 is 0 Å². The predicted octanol–water partition coefficient (Wildman–Crippen LogP) is 1.27. The first-order valence-electron chi connectivity index (χ1n) is 10.4. The molecule has 3 heterocycles. The van der Waals surface area contributed by atoms with Crippen LogP contribution in [0.1, 0.15) is 6.42 Å². The minimum atomic E-state index is -3.23. The molecule has 0 unspecified atom stereocenters. The number of imide groups is 1. The van der Waals surface area contributed by atoms with Crippen LogP contribution in [0.5, 0.6) is 11.5 Å². The van der Waals surface area contributed by atoms with Crippen LogP contribution in [0.15, 0.2) is 47.4 Å². The lowest BCUT2D eigenvalue weighted by atomic mass is 10.1. The van der Waals surface area contributed by atoms with Crippen molar-refractivity contribution in [2.24, 2.45) is 0 Å². The molecule has 168 valence electrons. The third kappa shape index (κ3) is 3.69. The van der Waals surface area contributed by atoms with Gasteiger partial charge in [0.25, 0.3) is 5.91 Å². The van der Waals surface area contributed by atoms with Crippen LogP contribution in [-0.2, 0) is 19.4 Å². The topological polar surface area (TPSA) is 96.5 Å². The Morgan fingerprint density at radius 2 is 1.53 bits per heavy atom. The van der Waals surface area contributed by atoms with Gasteiger partial charge in [0, 0.05) is 44.2 Å². The number of anilines is 2. The summed E-state index contributed by atoms with van der Waals surface area (Å²) in [6.07, 6.45) is 1.34. The average Bonchev–Trinajstić information content (AvgIpc) is 3.36. The Kier molecular flexibility index (Phi) is 5.06. The summed E-state index contributed by atoms with van der Waals surface area (Å²) in [6.45, 7) is 2.75. The lowest BCUT2D eigenvalue weighted by molar-refractivity contribution is -0.123. The normalized spacial score (nSPS) is 21.5. The fourth-order valence-corrected chi connectivity index (χ4v) is 5.02. The Morgan fingerprint density at radius 3 is 2.22 bits per heavy atom. The molecule has 3 aliphatic heterocycles. The van der Waals surface area contributed by atoms with Gasteiger partial charge in [-0.25, -0.2) is 13.3 Å². The number of rotatable bonds is 4. The lowest BCUT2D eigenvalue weighted by Gasteiger charge is -2.38. The molecule has 2 aromatic carbocycles. The zero-order valence-corrected chi connectivity index (χ0v) is 18.4. The van der Waals surface area contributed by atoms with E-state index < -0.39 is 15.9 Å². The summed E-state index contributed by atoms with van der Waals surface area (Å²) in [4.78, 5) is 31.5. The first-order valence-corrected chi connectivity index (χ1v) is 12.3. The maximum Gasteiger partial charge on any atom is 0.251 e. The quantitative estimate of drug-likeness (QED) is 0.634. The molecule has 2 saturated heterocycles. The third-order valence-corrected chi connectivity index (χ3v) is 7.25. The number of sulfone groups is 1. The summed E-state index contributed by atoms with van der Waals surface area (Å²) < 4.78 is 34.0. The molecule has 32 heavy (non-hydrogen) atoms. The van der Waals surface area contributed by atoms with Gasteiger partial charge in [-0.05, 0) is 36.4 Å². The van der Waals surface area contributed by atoms with Gasteiger partial charge in [0.05, 0.1) is 23.0 Å². The second-order valence-corrected chi connectivity index (χ2v) is 10.1. The number of fused-ring (bicyclic) bond motifs is 1. The highest BCUT2D eigenvalue weighted by Crippen LogP contribution is 2.37. The highest BCUT2D eigenvalue weighted by molar-refractivity contribution is 7.90. The Morgan fingerprint density at radius 1 is 0.875 bits per heavy atom. The zero-order chi connectivity index (χ0) is 22.5. The van der Waals surface area contributed by atoms with Crippen molar-refractivity contribution in [1.29, 1.82) is 0 Å². The van der Waals surface area contributed by atoms with E-state index in [9.17, 15) is 18.0 Å². The number of carbonyl (C=O) groups excluding carboxylic acids is 2. The molecule has 0 aromatic heterocycles. The van der Waals surface area contributed by atoms with Gasteiger partial charge in [0.15, 0.2) is 21.3 Å². The number of benzene rings is 2. The van der Waals surface area contributed by atoms with E-state index in [-0.39, 0.29) is 25.0 Å². The van der Waals surface area contributed by atoms with Crippen LogP contribution in [0.2, 0.25) is 0 Å². The molecule has 0 radical (unpaired) electrons. The first kappa shape index (κ1) is 20.8. The van der Waals surface area contributed by atoms with Crippen molar-refractivity contribution in [1.82, 2.24) is 4.90 Å². The molecular formula is C22H23N3O6S. The molecule has 0 saturated carbocycles. The number of ether oxygens (including phenoxy) is 2. The number of hydrogen-bond donors (Lipinski definition) is 0. The van der Waals surface area contributed by atoms with E-state index in [1.54, 1.807) is 42.5 Å². The standard InChI is InChI=1S/C22H23N3O6S/c1-32(28,29)17-5-2-15(3-6-17)23-8-10-24(11-9-23)18-13-21(26)25(22(18)27)16-4-7-19-20(12-16)31-14-30-19/h2-7,12,18H,8-11,13-14H2,1H3/t18-/m1/s1. The van der Waals surface area contributed by atoms with Crippen LogP contribution in [0.25, 0.3) is 0 Å². The highest BCUT2D eigenvalue weighted by Gasteiger charge is 2.43. The van der Waals surface area contributed by atoms with E-state index in [0.29, 0.717) is 48.3 Å². The van der Waals surface area contributed by atoms with Crippen molar-refractivity contribution in [3.05, 3.63) is 42.5 Å². The van der Waals surface area contributed by atoms with Crippen molar-refractivity contribution < 1.29 is 27.5 Å². The molecule has 3 aliphatic rings. The maximum absolute atomic E-state index is 13.1. The van der Waals surface area contributed by atoms with E-state index in [0.717, 1.165) is 5.69 Å². The number of nitrogens with zero attached hydrogens (tertiary/aromatic N) is 3. The number of hydrogen-bond acceptors (Lipinski definition) is 8. The van der Waals surface area contributed by atoms with E-state index in [1.165, 1.54) is 11.2 Å². The Balaban J connectivity index is 1.25. The van der Waals surface area contributed by atoms with Crippen LogP contribution in [0.4, 0.5) is 11.4 Å². The molecule has 0 aliphatic carbocycles. The fourth-order valence-electron chi connectivity index (χ4n) is 4.39. The molecule has 2 amide bonds. The Labute approximate surface area is 186 Å². The zero-order valence-electron chi connectivity index (χ0n) is 17.6. The van der Waals surface area contributed by atoms with Crippen LogP contribution >= 0.6 is 0 Å². The van der Waals surface area contributed by atoms with E-state index in [2.05, 4.69) is 9.80 Å². The summed E-state index contributed by atoms with van der Waals surface area (Å²) in [5, 5.41) is 0. The number of amides is 2. The van der Waals surface area contributed by atoms with E-state index in [4.69, 9.17) is 9.47 Å². The van der Waals surface area contributed by atoms with Crippen LogP contribution in [0, 0.1) is 0 Å². The molecule has 2 aromatic rings. The minimum absolute atomic E-state index is 0.130. The highest BCUT2D eigenvalue weighted by atomic mass is 32.2. The second-order valence-electron chi connectivity index (χ2n) is 8.11. The average molecular weight is 458 g/mol. The monoisotopic (exact) mass is 457 g/mol. The number of carbonyl (C=O) groups is 2. The number of piperazine rings is 1. The van der Waals surface area contributed by atoms with Crippen LogP contribution in [-0.4, -0.2) is 70.4 Å². The molecule has 9 nitrogen and oxygen atoms in total. The molecule has 2 fully saturated rings. The Hall–Kier alpha value is -3.11. The second kappa shape index (κ2) is 7.79. The molecule has 0 N–H and O–H groups in total. The predicted molar refractivity (Wildman–Crippen MR) is 117 cm³/mol. The molecule has 10 heteroatoms. The van der Waals surface area contributed by atoms with Crippen molar-refractivity contribution in [2.75, 3.05) is 49.0 Å². The van der Waals surface area contributed by atoms with Crippen molar-refractivity contribution in [3.8, 4) is 11.5 Å². The molecule has 5 rings (SSSR count). The smallest absolute Gasteiger partial charge is 0.251 e. The van der Waals surface area contributed by atoms with Crippen molar-refractivity contribution in [3.63, 3.8) is 0 Å². The fraction of sp³-hybridized carbons (Fsp3) is 0.364. The van der Waals surface area contributed by atoms with Gasteiger partial charge in [-0.2, -0.15) is 0 Å². The van der Waals surface area contributed by atoms with Crippen molar-refractivity contribution in [2.45, 2.75) is 17.4 Å². The van der Waals surface area contributed by atoms with Crippen LogP contribution in [0.3, 0.4) is 0 Å². The summed E-state index contributed by atoms with van der Waals surface area (Å²) in [7, 11) is -3.23. The van der Waals surface area contributed by atoms with Gasteiger partial charge in [-0.15, -0.1) is 0 Å². The lowest BCUT2D eigenvalue weighted by Crippen LogP contribution is -2.52. The largest absolute Gasteiger partial charge is 0.454 e. The minimum Gasteiger partial charge on any atom is -0.454 e. The van der Waals surface area contributed by atoms with Gasteiger partial charge >= 0.3 is 0 Å². The van der Waals surface area contributed by atoms with Gasteiger partial charge < -0.3 is 14.4 Å². The third-order valence-electron chi connectivity index (χ3n) is 6.12. The SMILES string of the molecule is CS(=O)(=O)c1ccc(N2CCN([C@@H]3CC(=O)N(c4ccc5c(c4)OCO5)C3=O)CC2)cc1. The first-order chi connectivity index (χ1) is 15.3. The molecule has 1 atom stereocenters. The summed E-state index contributed by atoms with van der Waals surface area (Å²) in [6, 6.07) is 11.4. The molecule has 0 bridgehead atoms. The molecule has 0 spiro atoms.